The number of hydrogen-bond acceptors (Lipinski definition) is 3. The van der Waals surface area contributed by atoms with Gasteiger partial charge in [-0.05, 0) is 19.1 Å². The molecule has 1 aromatic heterocycles. The first-order valence-corrected chi connectivity index (χ1v) is 5.05. The van der Waals surface area contributed by atoms with E-state index >= 15 is 0 Å². The highest BCUT2D eigenvalue weighted by Gasteiger charge is 2.12. The van der Waals surface area contributed by atoms with Crippen molar-refractivity contribution in [3.63, 3.8) is 0 Å². The Labute approximate surface area is 88.3 Å². The number of benzene rings is 1. The molecule has 0 aliphatic carbocycles. The predicted octanol–water partition coefficient (Wildman–Crippen LogP) is 2.50. The normalized spacial score (nSPS) is 13.2. The largest absolute Gasteiger partial charge is 0.458 e. The zero-order chi connectivity index (χ0) is 10.7. The highest BCUT2D eigenvalue weighted by atomic mass is 16.5. The van der Waals surface area contributed by atoms with Crippen molar-refractivity contribution in [1.82, 2.24) is 0 Å². The minimum Gasteiger partial charge on any atom is -0.458 e. The van der Waals surface area contributed by atoms with Crippen LogP contribution in [0.2, 0.25) is 0 Å². The van der Waals surface area contributed by atoms with Crippen LogP contribution in [0.5, 0.6) is 0 Å². The van der Waals surface area contributed by atoms with Gasteiger partial charge in [0, 0.05) is 12.0 Å². The van der Waals surface area contributed by atoms with Crippen molar-refractivity contribution in [3.05, 3.63) is 36.1 Å². The van der Waals surface area contributed by atoms with Gasteiger partial charge in [-0.25, -0.2) is 0 Å². The molecule has 1 atom stereocenters. The van der Waals surface area contributed by atoms with E-state index in [0.29, 0.717) is 12.4 Å². The van der Waals surface area contributed by atoms with Crippen molar-refractivity contribution >= 4 is 11.0 Å². The van der Waals surface area contributed by atoms with Crippen LogP contribution in [0.4, 0.5) is 0 Å². The van der Waals surface area contributed by atoms with Crippen LogP contribution in [0.15, 0.2) is 34.7 Å². The summed E-state index contributed by atoms with van der Waals surface area (Å²) in [7, 11) is 0. The van der Waals surface area contributed by atoms with Crippen molar-refractivity contribution in [1.29, 1.82) is 0 Å². The average Bonchev–Trinajstić information content (AvgIpc) is 2.69. The standard InChI is InChI=1S/C12H14O3/c1-2-14-8-10(13)12-7-9-5-3-4-6-11(9)15-12/h3-7,10,13H,2,8H2,1H3. The topological polar surface area (TPSA) is 42.6 Å². The van der Waals surface area contributed by atoms with Crippen molar-refractivity contribution < 1.29 is 14.3 Å². The number of furan rings is 1. The Kier molecular flexibility index (Phi) is 3.04. The maximum absolute atomic E-state index is 9.73. The smallest absolute Gasteiger partial charge is 0.136 e. The van der Waals surface area contributed by atoms with E-state index in [1.165, 1.54) is 0 Å². The molecule has 0 aliphatic rings. The number of hydrogen-bond donors (Lipinski definition) is 1. The van der Waals surface area contributed by atoms with E-state index in [1.807, 2.05) is 37.3 Å². The number of aliphatic hydroxyl groups is 1. The predicted molar refractivity (Wildman–Crippen MR) is 57.7 cm³/mol. The third kappa shape index (κ3) is 2.19. The van der Waals surface area contributed by atoms with Crippen LogP contribution in [0, 0.1) is 0 Å². The van der Waals surface area contributed by atoms with Crippen LogP contribution >= 0.6 is 0 Å². The van der Waals surface area contributed by atoms with E-state index < -0.39 is 6.10 Å². The molecule has 2 aromatic rings. The fraction of sp³-hybridized carbons (Fsp3) is 0.333. The first-order valence-electron chi connectivity index (χ1n) is 5.05. The van der Waals surface area contributed by atoms with Gasteiger partial charge in [0.05, 0.1) is 6.61 Å². The Morgan fingerprint density at radius 1 is 1.40 bits per heavy atom. The fourth-order valence-corrected chi connectivity index (χ4v) is 1.48. The van der Waals surface area contributed by atoms with E-state index in [4.69, 9.17) is 9.15 Å². The summed E-state index contributed by atoms with van der Waals surface area (Å²) in [5.74, 6) is 0.560. The number of ether oxygens (including phenoxy) is 1. The second-order valence-corrected chi connectivity index (χ2v) is 3.36. The first kappa shape index (κ1) is 10.2. The molecule has 0 amide bonds. The SMILES string of the molecule is CCOCC(O)c1cc2ccccc2o1. The van der Waals surface area contributed by atoms with Gasteiger partial charge in [-0.2, -0.15) is 0 Å². The zero-order valence-corrected chi connectivity index (χ0v) is 8.64. The quantitative estimate of drug-likeness (QED) is 0.835. The van der Waals surface area contributed by atoms with Gasteiger partial charge in [-0.15, -0.1) is 0 Å². The van der Waals surface area contributed by atoms with E-state index in [9.17, 15) is 5.11 Å². The molecule has 2 rings (SSSR count). The highest BCUT2D eigenvalue weighted by Crippen LogP contribution is 2.23. The van der Waals surface area contributed by atoms with E-state index in [-0.39, 0.29) is 6.61 Å². The Balaban J connectivity index is 2.20. The summed E-state index contributed by atoms with van der Waals surface area (Å²) >= 11 is 0. The fourth-order valence-electron chi connectivity index (χ4n) is 1.48. The van der Waals surface area contributed by atoms with Gasteiger partial charge in [0.25, 0.3) is 0 Å². The molecule has 0 saturated heterocycles. The monoisotopic (exact) mass is 206 g/mol. The van der Waals surface area contributed by atoms with Crippen LogP contribution in [0.25, 0.3) is 11.0 Å². The summed E-state index contributed by atoms with van der Waals surface area (Å²) in [6, 6.07) is 9.53. The lowest BCUT2D eigenvalue weighted by atomic mass is 10.2. The lowest BCUT2D eigenvalue weighted by Gasteiger charge is -2.06. The second-order valence-electron chi connectivity index (χ2n) is 3.36. The van der Waals surface area contributed by atoms with Crippen LogP contribution in [-0.4, -0.2) is 18.3 Å². The molecular weight excluding hydrogens is 192 g/mol. The Morgan fingerprint density at radius 3 is 2.93 bits per heavy atom. The third-order valence-corrected chi connectivity index (χ3v) is 2.25. The van der Waals surface area contributed by atoms with Crippen LogP contribution in [-0.2, 0) is 4.74 Å². The van der Waals surface area contributed by atoms with Crippen molar-refractivity contribution in [2.75, 3.05) is 13.2 Å². The van der Waals surface area contributed by atoms with Gasteiger partial charge in [0.15, 0.2) is 0 Å². The van der Waals surface area contributed by atoms with Gasteiger partial charge in [0.2, 0.25) is 0 Å². The molecule has 0 aliphatic heterocycles. The maximum atomic E-state index is 9.73. The second kappa shape index (κ2) is 4.47. The van der Waals surface area contributed by atoms with Gasteiger partial charge >= 0.3 is 0 Å². The molecule has 1 N–H and O–H groups in total. The minimum absolute atomic E-state index is 0.274. The summed E-state index contributed by atoms with van der Waals surface area (Å²) in [5.41, 5.74) is 0.794. The molecule has 15 heavy (non-hydrogen) atoms. The highest BCUT2D eigenvalue weighted by molar-refractivity contribution is 5.77. The molecule has 0 fully saturated rings. The van der Waals surface area contributed by atoms with Crippen LogP contribution in [0.3, 0.4) is 0 Å². The number of para-hydroxylation sites is 1. The van der Waals surface area contributed by atoms with E-state index in [1.54, 1.807) is 0 Å². The third-order valence-electron chi connectivity index (χ3n) is 2.25. The average molecular weight is 206 g/mol. The molecule has 1 unspecified atom stereocenters. The maximum Gasteiger partial charge on any atom is 0.136 e. The molecule has 1 aromatic carbocycles. The van der Waals surface area contributed by atoms with Gasteiger partial charge in [-0.1, -0.05) is 18.2 Å². The lowest BCUT2D eigenvalue weighted by Crippen LogP contribution is -2.05. The number of rotatable bonds is 4. The van der Waals surface area contributed by atoms with Crippen LogP contribution in [0.1, 0.15) is 18.8 Å². The molecule has 0 saturated carbocycles. The van der Waals surface area contributed by atoms with Gasteiger partial charge in [-0.3, -0.25) is 0 Å². The van der Waals surface area contributed by atoms with Gasteiger partial charge in [0.1, 0.15) is 17.4 Å². The molecule has 3 heteroatoms. The molecule has 1 heterocycles. The zero-order valence-electron chi connectivity index (χ0n) is 8.64. The summed E-state index contributed by atoms with van der Waals surface area (Å²) in [5, 5.41) is 10.7. The summed E-state index contributed by atoms with van der Waals surface area (Å²) in [4.78, 5) is 0. The number of fused-ring (bicyclic) bond motifs is 1. The molecule has 0 spiro atoms. The minimum atomic E-state index is -0.683. The van der Waals surface area contributed by atoms with Crippen molar-refractivity contribution in [2.45, 2.75) is 13.0 Å². The lowest BCUT2D eigenvalue weighted by molar-refractivity contribution is 0.0312. The molecule has 3 nitrogen and oxygen atoms in total. The molecule has 0 radical (unpaired) electrons. The summed E-state index contributed by atoms with van der Waals surface area (Å²) in [6.07, 6.45) is -0.683. The van der Waals surface area contributed by atoms with Crippen molar-refractivity contribution in [2.24, 2.45) is 0 Å². The Hall–Kier alpha value is -1.32. The van der Waals surface area contributed by atoms with Gasteiger partial charge < -0.3 is 14.3 Å². The van der Waals surface area contributed by atoms with E-state index in [2.05, 4.69) is 0 Å². The van der Waals surface area contributed by atoms with Crippen LogP contribution < -0.4 is 0 Å². The number of aliphatic hydroxyl groups excluding tert-OH is 1. The van der Waals surface area contributed by atoms with Crippen molar-refractivity contribution in [3.8, 4) is 0 Å². The molecule has 0 bridgehead atoms. The first-order chi connectivity index (χ1) is 7.31. The van der Waals surface area contributed by atoms with E-state index in [0.717, 1.165) is 11.0 Å². The molecular formula is C12H14O3. The molecule has 80 valence electrons. The summed E-state index contributed by atoms with van der Waals surface area (Å²) in [6.45, 7) is 2.76. The Morgan fingerprint density at radius 2 is 2.20 bits per heavy atom. The Bertz CT molecular complexity index is 400. The summed E-state index contributed by atoms with van der Waals surface area (Å²) < 4.78 is 10.6.